The molecule has 0 amide bonds. The molecule has 1 aliphatic heterocycles. The highest BCUT2D eigenvalue weighted by Gasteiger charge is 2.29. The molecule has 3 heteroatoms. The summed E-state index contributed by atoms with van der Waals surface area (Å²) in [5.74, 6) is 0.0659. The van der Waals surface area contributed by atoms with Gasteiger partial charge in [0.05, 0.1) is 23.0 Å². The van der Waals surface area contributed by atoms with Crippen LogP contribution in [0.25, 0.3) is 0 Å². The summed E-state index contributed by atoms with van der Waals surface area (Å²) in [5.41, 5.74) is 6.14. The van der Waals surface area contributed by atoms with Crippen LogP contribution >= 0.6 is 0 Å². The van der Waals surface area contributed by atoms with Gasteiger partial charge in [0.2, 0.25) is 0 Å². The van der Waals surface area contributed by atoms with Crippen LogP contribution in [0.4, 0.5) is 5.69 Å². The van der Waals surface area contributed by atoms with Crippen molar-refractivity contribution in [2.24, 2.45) is 4.99 Å². The zero-order valence-electron chi connectivity index (χ0n) is 8.01. The normalized spacial score (nSPS) is 21.5. The van der Waals surface area contributed by atoms with Crippen LogP contribution < -0.4 is 5.48 Å². The molecule has 0 spiro atoms. The second kappa shape index (κ2) is 3.07. The predicted molar refractivity (Wildman–Crippen MR) is 58.4 cm³/mol. The third-order valence-electron chi connectivity index (χ3n) is 2.78. The Balaban J connectivity index is 2.17. The van der Waals surface area contributed by atoms with Crippen LogP contribution in [0.5, 0.6) is 0 Å². The molecule has 2 aliphatic rings. The van der Waals surface area contributed by atoms with Gasteiger partial charge in [0, 0.05) is 0 Å². The van der Waals surface area contributed by atoms with E-state index in [2.05, 4.69) is 10.5 Å². The highest BCUT2D eigenvalue weighted by atomic mass is 16.5. The average Bonchev–Trinajstić information content (AvgIpc) is 2.67. The van der Waals surface area contributed by atoms with Gasteiger partial charge in [-0.2, -0.15) is 0 Å². The van der Waals surface area contributed by atoms with Crippen LogP contribution in [0.2, 0.25) is 0 Å². The van der Waals surface area contributed by atoms with E-state index >= 15 is 0 Å². The number of nitrogens with one attached hydrogen (secondary N) is 1. The van der Waals surface area contributed by atoms with E-state index in [-0.39, 0.29) is 5.92 Å². The van der Waals surface area contributed by atoms with Gasteiger partial charge in [-0.3, -0.25) is 15.7 Å². The van der Waals surface area contributed by atoms with E-state index in [0.717, 1.165) is 22.7 Å². The van der Waals surface area contributed by atoms with E-state index in [1.807, 2.05) is 42.5 Å². The smallest absolute Gasteiger partial charge is 0.0704 e. The summed E-state index contributed by atoms with van der Waals surface area (Å²) >= 11 is 0. The zero-order chi connectivity index (χ0) is 10.3. The lowest BCUT2D eigenvalue weighted by Gasteiger charge is -2.18. The van der Waals surface area contributed by atoms with Crippen molar-refractivity contribution < 1.29 is 5.21 Å². The Labute approximate surface area is 87.4 Å². The van der Waals surface area contributed by atoms with E-state index in [1.165, 1.54) is 0 Å². The van der Waals surface area contributed by atoms with E-state index in [1.54, 1.807) is 0 Å². The maximum atomic E-state index is 9.06. The molecule has 1 unspecified atom stereocenters. The Morgan fingerprint density at radius 1 is 1.27 bits per heavy atom. The number of hydroxylamine groups is 1. The van der Waals surface area contributed by atoms with Gasteiger partial charge in [0.25, 0.3) is 0 Å². The number of allylic oxidation sites excluding steroid dienone is 4. The van der Waals surface area contributed by atoms with Gasteiger partial charge in [0.15, 0.2) is 0 Å². The first-order valence-corrected chi connectivity index (χ1v) is 4.86. The summed E-state index contributed by atoms with van der Waals surface area (Å²) in [6, 6.07) is 7.99. The molecule has 0 saturated heterocycles. The predicted octanol–water partition coefficient (Wildman–Crippen LogP) is 2.29. The van der Waals surface area contributed by atoms with Gasteiger partial charge >= 0.3 is 0 Å². The molecule has 3 rings (SSSR count). The third kappa shape index (κ3) is 1.13. The molecule has 2 N–H and O–H groups in total. The molecule has 1 heterocycles. The van der Waals surface area contributed by atoms with Crippen molar-refractivity contribution in [3.63, 3.8) is 0 Å². The minimum Gasteiger partial charge on any atom is -0.291 e. The molecule has 1 aromatic rings. The van der Waals surface area contributed by atoms with E-state index < -0.39 is 0 Å². The minimum atomic E-state index is 0.0659. The number of para-hydroxylation sites is 1. The standard InChI is InChI=1S/C12H10N2O/c15-14-11-7-3-6-10-12(11)8-4-1-2-5-9(8)13-10/h1-7,12,14-15H. The number of rotatable bonds is 1. The van der Waals surface area contributed by atoms with Crippen LogP contribution in [0, 0.1) is 0 Å². The lowest BCUT2D eigenvalue weighted by Crippen LogP contribution is -2.21. The maximum absolute atomic E-state index is 9.06. The van der Waals surface area contributed by atoms with Gasteiger partial charge in [0.1, 0.15) is 0 Å². The quantitative estimate of drug-likeness (QED) is 0.680. The first-order chi connectivity index (χ1) is 7.40. The topological polar surface area (TPSA) is 44.6 Å². The second-order valence-corrected chi connectivity index (χ2v) is 3.62. The zero-order valence-corrected chi connectivity index (χ0v) is 8.01. The van der Waals surface area contributed by atoms with Crippen molar-refractivity contribution in [2.75, 3.05) is 0 Å². The van der Waals surface area contributed by atoms with Gasteiger partial charge in [-0.05, 0) is 23.8 Å². The Hall–Kier alpha value is -1.87. The Bertz CT molecular complexity index is 500. The Morgan fingerprint density at radius 2 is 2.13 bits per heavy atom. The summed E-state index contributed by atoms with van der Waals surface area (Å²) in [6.45, 7) is 0. The van der Waals surface area contributed by atoms with Crippen molar-refractivity contribution in [1.29, 1.82) is 0 Å². The molecule has 1 aliphatic carbocycles. The molecule has 0 fully saturated rings. The van der Waals surface area contributed by atoms with Crippen molar-refractivity contribution in [1.82, 2.24) is 5.48 Å². The fourth-order valence-corrected chi connectivity index (χ4v) is 2.11. The van der Waals surface area contributed by atoms with Crippen LogP contribution in [0.3, 0.4) is 0 Å². The summed E-state index contributed by atoms with van der Waals surface area (Å²) in [6.07, 6.45) is 5.73. The van der Waals surface area contributed by atoms with Gasteiger partial charge in [-0.1, -0.05) is 24.3 Å². The monoisotopic (exact) mass is 198 g/mol. The van der Waals surface area contributed by atoms with Gasteiger partial charge in [-0.15, -0.1) is 0 Å². The molecule has 74 valence electrons. The van der Waals surface area contributed by atoms with Crippen molar-refractivity contribution in [3.8, 4) is 0 Å². The van der Waals surface area contributed by atoms with Crippen LogP contribution in [0.15, 0.2) is 53.2 Å². The molecule has 15 heavy (non-hydrogen) atoms. The third-order valence-corrected chi connectivity index (χ3v) is 2.78. The molecule has 1 aromatic carbocycles. The SMILES string of the molecule is ONC1=CC=CC2=Nc3ccccc3C12. The lowest BCUT2D eigenvalue weighted by molar-refractivity contribution is 0.196. The molecular formula is C12H10N2O. The van der Waals surface area contributed by atoms with E-state index in [0.29, 0.717) is 0 Å². The Morgan fingerprint density at radius 3 is 3.00 bits per heavy atom. The highest BCUT2D eigenvalue weighted by molar-refractivity contribution is 6.08. The largest absolute Gasteiger partial charge is 0.291 e. The van der Waals surface area contributed by atoms with Crippen molar-refractivity contribution in [2.45, 2.75) is 5.92 Å². The number of benzene rings is 1. The average molecular weight is 198 g/mol. The summed E-state index contributed by atoms with van der Waals surface area (Å²) < 4.78 is 0. The number of hydrogen-bond acceptors (Lipinski definition) is 3. The lowest BCUT2D eigenvalue weighted by atomic mass is 9.90. The van der Waals surface area contributed by atoms with Crippen LogP contribution in [0.1, 0.15) is 11.5 Å². The van der Waals surface area contributed by atoms with Crippen LogP contribution in [-0.4, -0.2) is 10.9 Å². The molecular weight excluding hydrogens is 188 g/mol. The van der Waals surface area contributed by atoms with Gasteiger partial charge < -0.3 is 0 Å². The second-order valence-electron chi connectivity index (χ2n) is 3.62. The van der Waals surface area contributed by atoms with Gasteiger partial charge in [-0.25, -0.2) is 0 Å². The number of hydrogen-bond donors (Lipinski definition) is 2. The first kappa shape index (κ1) is 8.44. The summed E-state index contributed by atoms with van der Waals surface area (Å²) in [4.78, 5) is 4.51. The van der Waals surface area contributed by atoms with Crippen molar-refractivity contribution in [3.05, 3.63) is 53.8 Å². The van der Waals surface area contributed by atoms with E-state index in [4.69, 9.17) is 5.21 Å². The maximum Gasteiger partial charge on any atom is 0.0704 e. The molecule has 3 nitrogen and oxygen atoms in total. The summed E-state index contributed by atoms with van der Waals surface area (Å²) in [5, 5.41) is 9.06. The molecule has 0 aromatic heterocycles. The molecule has 0 bridgehead atoms. The Kier molecular flexibility index (Phi) is 1.73. The first-order valence-electron chi connectivity index (χ1n) is 4.86. The number of aliphatic imine (C=N–C) groups is 1. The van der Waals surface area contributed by atoms with E-state index in [9.17, 15) is 0 Å². The molecule has 1 atom stereocenters. The van der Waals surface area contributed by atoms with Crippen LogP contribution in [-0.2, 0) is 0 Å². The summed E-state index contributed by atoms with van der Waals surface area (Å²) in [7, 11) is 0. The number of fused-ring (bicyclic) bond motifs is 3. The fraction of sp³-hybridized carbons (Fsp3) is 0.0833. The molecule has 0 saturated carbocycles. The minimum absolute atomic E-state index is 0.0659. The highest BCUT2D eigenvalue weighted by Crippen LogP contribution is 2.40. The number of nitrogens with zero attached hydrogens (tertiary/aromatic N) is 1. The molecule has 0 radical (unpaired) electrons. The fourth-order valence-electron chi connectivity index (χ4n) is 2.11. The van der Waals surface area contributed by atoms with Crippen molar-refractivity contribution >= 4 is 11.4 Å².